The van der Waals surface area contributed by atoms with E-state index in [2.05, 4.69) is 15.5 Å². The van der Waals surface area contributed by atoms with Gasteiger partial charge in [-0.1, -0.05) is 11.8 Å². The SMILES string of the molecule is COc1cc(-c2nnc(S[C@@H](C)C(=O)Nc3ccc([N+](=O)[O-])cc3)n2C)cc(OC)c1OC. The minimum Gasteiger partial charge on any atom is -0.493 e. The predicted molar refractivity (Wildman–Crippen MR) is 123 cm³/mol. The fourth-order valence-corrected chi connectivity index (χ4v) is 3.82. The van der Waals surface area contributed by atoms with Crippen molar-refractivity contribution in [3.05, 3.63) is 46.5 Å². The van der Waals surface area contributed by atoms with E-state index in [1.165, 1.54) is 57.4 Å². The van der Waals surface area contributed by atoms with E-state index in [0.717, 1.165) is 0 Å². The molecule has 3 rings (SSSR count). The van der Waals surface area contributed by atoms with Gasteiger partial charge in [0.2, 0.25) is 11.7 Å². The van der Waals surface area contributed by atoms with Crippen molar-refractivity contribution in [1.29, 1.82) is 0 Å². The van der Waals surface area contributed by atoms with E-state index < -0.39 is 10.2 Å². The molecular weight excluding hydrogens is 450 g/mol. The van der Waals surface area contributed by atoms with Crippen LogP contribution in [0.25, 0.3) is 11.4 Å². The van der Waals surface area contributed by atoms with Crippen molar-refractivity contribution < 1.29 is 23.9 Å². The number of non-ortho nitro benzene ring substituents is 1. The van der Waals surface area contributed by atoms with Gasteiger partial charge in [-0.25, -0.2) is 0 Å². The van der Waals surface area contributed by atoms with Crippen LogP contribution in [0.1, 0.15) is 6.92 Å². The van der Waals surface area contributed by atoms with Crippen LogP contribution in [0, 0.1) is 10.1 Å². The van der Waals surface area contributed by atoms with Crippen molar-refractivity contribution in [1.82, 2.24) is 14.8 Å². The maximum Gasteiger partial charge on any atom is 0.269 e. The van der Waals surface area contributed by atoms with Crippen molar-refractivity contribution in [3.8, 4) is 28.6 Å². The number of rotatable bonds is 9. The number of aromatic nitrogens is 3. The van der Waals surface area contributed by atoms with Gasteiger partial charge in [0.05, 0.1) is 31.5 Å². The molecule has 0 radical (unpaired) electrons. The van der Waals surface area contributed by atoms with Gasteiger partial charge in [0.1, 0.15) is 0 Å². The Bertz CT molecular complexity index is 1140. The summed E-state index contributed by atoms with van der Waals surface area (Å²) < 4.78 is 17.9. The van der Waals surface area contributed by atoms with Gasteiger partial charge >= 0.3 is 0 Å². The van der Waals surface area contributed by atoms with E-state index >= 15 is 0 Å². The Balaban J connectivity index is 1.77. The molecule has 1 N–H and O–H groups in total. The molecule has 0 fully saturated rings. The van der Waals surface area contributed by atoms with Crippen LogP contribution in [0.3, 0.4) is 0 Å². The number of ether oxygens (including phenoxy) is 3. The molecule has 11 nitrogen and oxygen atoms in total. The number of thioether (sulfide) groups is 1. The van der Waals surface area contributed by atoms with Crippen LogP contribution in [0.5, 0.6) is 17.2 Å². The van der Waals surface area contributed by atoms with Crippen LogP contribution >= 0.6 is 11.8 Å². The summed E-state index contributed by atoms with van der Waals surface area (Å²) in [4.78, 5) is 22.9. The van der Waals surface area contributed by atoms with Crippen molar-refractivity contribution in [3.63, 3.8) is 0 Å². The molecule has 0 saturated heterocycles. The lowest BCUT2D eigenvalue weighted by Crippen LogP contribution is -2.22. The summed E-state index contributed by atoms with van der Waals surface area (Å²) in [6.07, 6.45) is 0. The van der Waals surface area contributed by atoms with Crippen LogP contribution < -0.4 is 19.5 Å². The van der Waals surface area contributed by atoms with Crippen LogP contribution in [0.4, 0.5) is 11.4 Å². The molecule has 0 unspecified atom stereocenters. The number of hydrogen-bond donors (Lipinski definition) is 1. The zero-order valence-corrected chi connectivity index (χ0v) is 19.5. The molecule has 2 aromatic carbocycles. The number of nitro groups is 1. The highest BCUT2D eigenvalue weighted by atomic mass is 32.2. The average molecular weight is 474 g/mol. The first-order valence-corrected chi connectivity index (χ1v) is 10.6. The average Bonchev–Trinajstić information content (AvgIpc) is 3.18. The number of amides is 1. The van der Waals surface area contributed by atoms with Crippen molar-refractivity contribution >= 4 is 29.0 Å². The fourth-order valence-electron chi connectivity index (χ4n) is 3.00. The Kier molecular flexibility index (Phi) is 7.38. The molecule has 1 amide bonds. The maximum atomic E-state index is 12.6. The second-order valence-corrected chi connectivity index (χ2v) is 8.14. The molecule has 1 heterocycles. The molecule has 12 heteroatoms. The standard InChI is InChI=1S/C21H23N5O6S/c1-12(20(27)22-14-6-8-15(9-7-14)26(28)29)33-21-24-23-19(25(21)2)13-10-16(30-3)18(32-5)17(11-13)31-4/h6-12H,1-5H3,(H,22,27)/t12-/m0/s1. The summed E-state index contributed by atoms with van der Waals surface area (Å²) >= 11 is 1.23. The first-order chi connectivity index (χ1) is 15.8. The van der Waals surface area contributed by atoms with Crippen molar-refractivity contribution in [2.45, 2.75) is 17.3 Å². The topological polar surface area (TPSA) is 131 Å². The minimum atomic E-state index is -0.504. The van der Waals surface area contributed by atoms with Gasteiger partial charge in [0.25, 0.3) is 5.69 Å². The Labute approximate surface area is 194 Å². The number of nitro benzene ring substituents is 1. The van der Waals surface area contributed by atoms with Gasteiger partial charge in [0.15, 0.2) is 22.5 Å². The monoisotopic (exact) mass is 473 g/mol. The summed E-state index contributed by atoms with van der Waals surface area (Å²) in [6.45, 7) is 1.74. The van der Waals surface area contributed by atoms with E-state index in [9.17, 15) is 14.9 Å². The van der Waals surface area contributed by atoms with Crippen molar-refractivity contribution in [2.75, 3.05) is 26.6 Å². The first-order valence-electron chi connectivity index (χ1n) is 9.70. The van der Waals surface area contributed by atoms with Gasteiger partial charge in [-0.15, -0.1) is 10.2 Å². The summed E-state index contributed by atoms with van der Waals surface area (Å²) in [5.74, 6) is 1.72. The Morgan fingerprint density at radius 1 is 1.09 bits per heavy atom. The third-order valence-corrected chi connectivity index (χ3v) is 5.89. The Hall–Kier alpha value is -3.80. The van der Waals surface area contributed by atoms with E-state index in [0.29, 0.717) is 39.5 Å². The molecule has 0 spiro atoms. The lowest BCUT2D eigenvalue weighted by atomic mass is 10.1. The van der Waals surface area contributed by atoms with Crippen LogP contribution in [0.2, 0.25) is 0 Å². The zero-order chi connectivity index (χ0) is 24.1. The number of methoxy groups -OCH3 is 3. The number of nitrogens with one attached hydrogen (secondary N) is 1. The number of nitrogens with zero attached hydrogens (tertiary/aromatic N) is 4. The van der Waals surface area contributed by atoms with Gasteiger partial charge in [0, 0.05) is 30.4 Å². The van der Waals surface area contributed by atoms with Gasteiger partial charge in [-0.2, -0.15) is 0 Å². The summed E-state index contributed by atoms with van der Waals surface area (Å²) in [6, 6.07) is 9.17. The largest absolute Gasteiger partial charge is 0.493 e. The quantitative estimate of drug-likeness (QED) is 0.282. The Morgan fingerprint density at radius 3 is 2.21 bits per heavy atom. The lowest BCUT2D eigenvalue weighted by molar-refractivity contribution is -0.384. The fraction of sp³-hybridized carbons (Fsp3) is 0.286. The molecular formula is C21H23N5O6S. The maximum absolute atomic E-state index is 12.6. The highest BCUT2D eigenvalue weighted by Gasteiger charge is 2.22. The number of anilines is 1. The van der Waals surface area contributed by atoms with Crippen LogP contribution in [0.15, 0.2) is 41.6 Å². The number of benzene rings is 2. The van der Waals surface area contributed by atoms with E-state index in [-0.39, 0.29) is 11.6 Å². The van der Waals surface area contributed by atoms with Gasteiger partial charge < -0.3 is 24.1 Å². The second-order valence-electron chi connectivity index (χ2n) is 6.83. The van der Waals surface area contributed by atoms with Crippen molar-refractivity contribution in [2.24, 2.45) is 7.05 Å². The van der Waals surface area contributed by atoms with Gasteiger partial charge in [-0.3, -0.25) is 14.9 Å². The van der Waals surface area contributed by atoms with E-state index in [4.69, 9.17) is 14.2 Å². The third-order valence-electron chi connectivity index (χ3n) is 4.75. The molecule has 1 aromatic heterocycles. The molecule has 0 aliphatic carbocycles. The highest BCUT2D eigenvalue weighted by molar-refractivity contribution is 8.00. The molecule has 0 bridgehead atoms. The summed E-state index contributed by atoms with van der Waals surface area (Å²) in [5, 5.41) is 22.0. The molecule has 0 saturated carbocycles. The smallest absolute Gasteiger partial charge is 0.269 e. The first kappa shape index (κ1) is 23.9. The molecule has 0 aliphatic rings. The van der Waals surface area contributed by atoms with Gasteiger partial charge in [-0.05, 0) is 31.2 Å². The summed E-state index contributed by atoms with van der Waals surface area (Å²) in [5.41, 5.74) is 1.12. The normalized spacial score (nSPS) is 11.5. The third kappa shape index (κ3) is 5.17. The van der Waals surface area contributed by atoms with E-state index in [1.807, 2.05) is 0 Å². The molecule has 174 valence electrons. The highest BCUT2D eigenvalue weighted by Crippen LogP contribution is 2.41. The van der Waals surface area contributed by atoms with E-state index in [1.54, 1.807) is 30.7 Å². The number of carbonyl (C=O) groups excluding carboxylic acids is 1. The zero-order valence-electron chi connectivity index (χ0n) is 18.7. The lowest BCUT2D eigenvalue weighted by Gasteiger charge is -2.14. The molecule has 33 heavy (non-hydrogen) atoms. The predicted octanol–water partition coefficient (Wildman–Crippen LogP) is 3.54. The van der Waals surface area contributed by atoms with Crippen LogP contribution in [-0.2, 0) is 11.8 Å². The number of hydrogen-bond acceptors (Lipinski definition) is 9. The number of carbonyl (C=O) groups is 1. The Morgan fingerprint density at radius 2 is 1.70 bits per heavy atom. The molecule has 1 atom stereocenters. The van der Waals surface area contributed by atoms with Crippen LogP contribution in [-0.4, -0.2) is 52.2 Å². The molecule has 0 aliphatic heterocycles. The molecule has 3 aromatic rings. The summed E-state index contributed by atoms with van der Waals surface area (Å²) in [7, 11) is 6.39. The minimum absolute atomic E-state index is 0.0474. The second kappa shape index (κ2) is 10.2.